The molecule has 4 heteroatoms. The number of nitrogens with one attached hydrogen (secondary N) is 1. The van der Waals surface area contributed by atoms with Crippen molar-refractivity contribution >= 4 is 6.03 Å². The van der Waals surface area contributed by atoms with Crippen LogP contribution in [0.1, 0.15) is 32.3 Å². The number of benzene rings is 1. The van der Waals surface area contributed by atoms with E-state index in [4.69, 9.17) is 4.74 Å². The predicted molar refractivity (Wildman–Crippen MR) is 93.5 cm³/mol. The van der Waals surface area contributed by atoms with Gasteiger partial charge < -0.3 is 15.0 Å². The third kappa shape index (κ3) is 6.61. The first-order valence-electron chi connectivity index (χ1n) is 8.79. The molecule has 23 heavy (non-hydrogen) atoms. The van der Waals surface area contributed by atoms with Crippen molar-refractivity contribution in [2.45, 2.75) is 33.1 Å². The second-order valence-electron chi connectivity index (χ2n) is 6.78. The molecule has 0 aromatic heterocycles. The third-order valence-electron chi connectivity index (χ3n) is 4.28. The lowest BCUT2D eigenvalue weighted by Crippen LogP contribution is -2.47. The maximum atomic E-state index is 12.1. The number of rotatable bonds is 7. The summed E-state index contributed by atoms with van der Waals surface area (Å²) in [5, 5.41) is 3.01. The molecule has 1 N–H and O–H groups in total. The molecule has 2 rings (SSSR count). The smallest absolute Gasteiger partial charge is 0.317 e. The number of carbonyl (C=O) groups excluding carboxylic acids is 1. The normalized spacial score (nSPS) is 21.2. The van der Waals surface area contributed by atoms with Crippen molar-refractivity contribution in [2.24, 2.45) is 11.8 Å². The SMILES string of the molecule is CC1CC(C)CN(C(=O)NCCCOCCc2ccccc2)C1. The molecule has 0 spiro atoms. The highest BCUT2D eigenvalue weighted by atomic mass is 16.5. The van der Waals surface area contributed by atoms with Gasteiger partial charge in [-0.05, 0) is 36.7 Å². The zero-order valence-electron chi connectivity index (χ0n) is 14.5. The molecule has 4 nitrogen and oxygen atoms in total. The number of carbonyl (C=O) groups is 1. The summed E-state index contributed by atoms with van der Waals surface area (Å²) in [7, 11) is 0. The van der Waals surface area contributed by atoms with Gasteiger partial charge in [0.1, 0.15) is 0 Å². The standard InChI is InChI=1S/C19H30N2O2/c1-16-13-17(2)15-21(14-16)19(22)20-10-6-11-23-12-9-18-7-4-3-5-8-18/h3-5,7-8,16-17H,6,9-15H2,1-2H3,(H,20,22). The zero-order chi connectivity index (χ0) is 16.5. The van der Waals surface area contributed by atoms with Crippen LogP contribution in [0.25, 0.3) is 0 Å². The quantitative estimate of drug-likeness (QED) is 0.784. The Kier molecular flexibility index (Phi) is 7.40. The van der Waals surface area contributed by atoms with Gasteiger partial charge in [-0.1, -0.05) is 44.2 Å². The molecule has 2 atom stereocenters. The van der Waals surface area contributed by atoms with Crippen molar-refractivity contribution in [1.29, 1.82) is 0 Å². The Hall–Kier alpha value is -1.55. The van der Waals surface area contributed by atoms with Gasteiger partial charge >= 0.3 is 6.03 Å². The van der Waals surface area contributed by atoms with Crippen molar-refractivity contribution in [1.82, 2.24) is 10.2 Å². The van der Waals surface area contributed by atoms with Crippen LogP contribution in [0.3, 0.4) is 0 Å². The van der Waals surface area contributed by atoms with E-state index >= 15 is 0 Å². The van der Waals surface area contributed by atoms with Gasteiger partial charge in [-0.3, -0.25) is 0 Å². The summed E-state index contributed by atoms with van der Waals surface area (Å²) >= 11 is 0. The van der Waals surface area contributed by atoms with Gasteiger partial charge in [0.05, 0.1) is 6.61 Å². The number of ether oxygens (including phenoxy) is 1. The van der Waals surface area contributed by atoms with Crippen LogP contribution in [0.4, 0.5) is 4.79 Å². The van der Waals surface area contributed by atoms with E-state index in [2.05, 4.69) is 31.3 Å². The summed E-state index contributed by atoms with van der Waals surface area (Å²) in [4.78, 5) is 14.1. The van der Waals surface area contributed by atoms with Crippen LogP contribution in [0.5, 0.6) is 0 Å². The van der Waals surface area contributed by atoms with Gasteiger partial charge in [0.2, 0.25) is 0 Å². The topological polar surface area (TPSA) is 41.6 Å². The Labute approximate surface area is 140 Å². The van der Waals surface area contributed by atoms with Gasteiger partial charge in [-0.15, -0.1) is 0 Å². The lowest BCUT2D eigenvalue weighted by Gasteiger charge is -2.34. The van der Waals surface area contributed by atoms with E-state index in [1.54, 1.807) is 0 Å². The van der Waals surface area contributed by atoms with Crippen molar-refractivity contribution < 1.29 is 9.53 Å². The summed E-state index contributed by atoms with van der Waals surface area (Å²) in [5.74, 6) is 1.21. The van der Waals surface area contributed by atoms with E-state index in [0.717, 1.165) is 32.5 Å². The van der Waals surface area contributed by atoms with Crippen LogP contribution in [-0.2, 0) is 11.2 Å². The summed E-state index contributed by atoms with van der Waals surface area (Å²) < 4.78 is 5.63. The van der Waals surface area contributed by atoms with E-state index in [1.807, 2.05) is 23.1 Å². The van der Waals surface area contributed by atoms with Crippen molar-refractivity contribution in [3.05, 3.63) is 35.9 Å². The fourth-order valence-corrected chi connectivity index (χ4v) is 3.25. The average molecular weight is 318 g/mol. The van der Waals surface area contributed by atoms with Crippen LogP contribution in [0.2, 0.25) is 0 Å². The lowest BCUT2D eigenvalue weighted by atomic mass is 9.92. The average Bonchev–Trinajstić information content (AvgIpc) is 2.54. The number of piperidine rings is 1. The molecular formula is C19H30N2O2. The highest BCUT2D eigenvalue weighted by Crippen LogP contribution is 2.20. The first kappa shape index (κ1) is 17.8. The molecule has 2 unspecified atom stereocenters. The van der Waals surface area contributed by atoms with Gasteiger partial charge in [0, 0.05) is 26.2 Å². The summed E-state index contributed by atoms with van der Waals surface area (Å²) in [5.41, 5.74) is 1.30. The van der Waals surface area contributed by atoms with Gasteiger partial charge in [0.15, 0.2) is 0 Å². The number of hydrogen-bond acceptors (Lipinski definition) is 2. The minimum Gasteiger partial charge on any atom is -0.381 e. The summed E-state index contributed by atoms with van der Waals surface area (Å²) in [6.07, 6.45) is 3.02. The molecule has 0 radical (unpaired) electrons. The number of urea groups is 1. The Morgan fingerprint density at radius 1 is 1.17 bits per heavy atom. The molecule has 1 fully saturated rings. The second-order valence-corrected chi connectivity index (χ2v) is 6.78. The molecule has 128 valence electrons. The first-order valence-corrected chi connectivity index (χ1v) is 8.79. The Morgan fingerprint density at radius 3 is 2.57 bits per heavy atom. The Bertz CT molecular complexity index is 454. The van der Waals surface area contributed by atoms with Crippen LogP contribution >= 0.6 is 0 Å². The number of likely N-dealkylation sites (tertiary alicyclic amines) is 1. The van der Waals surface area contributed by atoms with E-state index in [0.29, 0.717) is 25.0 Å². The van der Waals surface area contributed by atoms with Crippen LogP contribution in [0.15, 0.2) is 30.3 Å². The second kappa shape index (κ2) is 9.56. The highest BCUT2D eigenvalue weighted by Gasteiger charge is 2.24. The van der Waals surface area contributed by atoms with Crippen LogP contribution in [0, 0.1) is 11.8 Å². The molecule has 0 saturated carbocycles. The molecule has 0 bridgehead atoms. The molecule has 2 amide bonds. The molecule has 1 aromatic carbocycles. The molecule has 1 aliphatic rings. The molecule has 1 heterocycles. The van der Waals surface area contributed by atoms with Crippen LogP contribution < -0.4 is 5.32 Å². The van der Waals surface area contributed by atoms with E-state index < -0.39 is 0 Å². The number of hydrogen-bond donors (Lipinski definition) is 1. The Morgan fingerprint density at radius 2 is 1.87 bits per heavy atom. The van der Waals surface area contributed by atoms with Crippen molar-refractivity contribution in [3.8, 4) is 0 Å². The summed E-state index contributed by atoms with van der Waals surface area (Å²) in [6.45, 7) is 8.31. The maximum Gasteiger partial charge on any atom is 0.317 e. The Balaban J connectivity index is 1.51. The van der Waals surface area contributed by atoms with Crippen LogP contribution in [-0.4, -0.2) is 43.8 Å². The fourth-order valence-electron chi connectivity index (χ4n) is 3.25. The maximum absolute atomic E-state index is 12.1. The van der Waals surface area contributed by atoms with Gasteiger partial charge in [0.25, 0.3) is 0 Å². The van der Waals surface area contributed by atoms with E-state index in [9.17, 15) is 4.79 Å². The molecule has 0 aliphatic carbocycles. The molecular weight excluding hydrogens is 288 g/mol. The highest BCUT2D eigenvalue weighted by molar-refractivity contribution is 5.74. The predicted octanol–water partition coefficient (Wildman–Crippen LogP) is 3.32. The first-order chi connectivity index (χ1) is 11.1. The minimum absolute atomic E-state index is 0.0766. The molecule has 1 aliphatic heterocycles. The molecule has 1 aromatic rings. The monoisotopic (exact) mass is 318 g/mol. The van der Waals surface area contributed by atoms with E-state index in [1.165, 1.54) is 12.0 Å². The van der Waals surface area contributed by atoms with Gasteiger partial charge in [-0.2, -0.15) is 0 Å². The lowest BCUT2D eigenvalue weighted by molar-refractivity contribution is 0.130. The zero-order valence-corrected chi connectivity index (χ0v) is 14.5. The third-order valence-corrected chi connectivity index (χ3v) is 4.28. The van der Waals surface area contributed by atoms with Gasteiger partial charge in [-0.25, -0.2) is 4.79 Å². The minimum atomic E-state index is 0.0766. The van der Waals surface area contributed by atoms with E-state index in [-0.39, 0.29) is 6.03 Å². The molecule has 1 saturated heterocycles. The number of amides is 2. The summed E-state index contributed by atoms with van der Waals surface area (Å²) in [6, 6.07) is 10.4. The van der Waals surface area contributed by atoms with Crippen molar-refractivity contribution in [2.75, 3.05) is 32.8 Å². The number of nitrogens with zero attached hydrogens (tertiary/aromatic N) is 1. The van der Waals surface area contributed by atoms with Crippen molar-refractivity contribution in [3.63, 3.8) is 0 Å². The fraction of sp³-hybridized carbons (Fsp3) is 0.632. The largest absolute Gasteiger partial charge is 0.381 e.